The Hall–Kier alpha value is -11.6. The molecule has 580 valence electrons. The monoisotopic (exact) mass is 1680 g/mol. The number of hydrogen-bond donors (Lipinski definition) is 4. The number of aromatic nitrogens is 4. The molecule has 8 aromatic carbocycles. The van der Waals surface area contributed by atoms with Gasteiger partial charge in [-0.2, -0.15) is 0 Å². The second-order valence-corrected chi connectivity index (χ2v) is 26.4. The van der Waals surface area contributed by atoms with Crippen LogP contribution >= 0.6 is 48.0 Å². The largest absolute Gasteiger partial charge is 0.497 e. The number of ketones is 4. The maximum Gasteiger partial charge on any atom is 0.270 e. The minimum atomic E-state index is -0.559. The molecule has 31 heteroatoms. The van der Waals surface area contributed by atoms with Gasteiger partial charge in [-0.25, -0.2) is 0 Å². The summed E-state index contributed by atoms with van der Waals surface area (Å²) in [4.78, 5) is 119. The number of rotatable bonds is 18. The zero-order valence-corrected chi connectivity index (χ0v) is 65.5. The van der Waals surface area contributed by atoms with Crippen LogP contribution < -0.4 is 64.1 Å². The van der Waals surface area contributed by atoms with Crippen LogP contribution in [0.4, 0.5) is 22.7 Å². The molecule has 0 saturated heterocycles. The molecule has 4 aliphatic carbocycles. The Morgan fingerprint density at radius 3 is 0.955 bits per heavy atom. The molecule has 0 amide bonds. The molecule has 4 aliphatic rings. The van der Waals surface area contributed by atoms with E-state index in [1.165, 1.54) is 37.0 Å². The molecule has 112 heavy (non-hydrogen) atoms. The minimum Gasteiger partial charge on any atom is -0.497 e. The maximum absolute atomic E-state index is 13.2. The Bertz CT molecular complexity index is 6020. The molecular weight excluding hydrogens is 1610 g/mol. The van der Waals surface area contributed by atoms with Gasteiger partial charge in [-0.15, -0.1) is 48.0 Å². The van der Waals surface area contributed by atoms with Gasteiger partial charge >= 0.3 is 0 Å². The second kappa shape index (κ2) is 35.2. The fraction of sp³-hybridized carbons (Fsp3) is 0.198. The SMILES string of the molecule is COc1ccc2c(c1)C(=O)c1c-2n(CCCCl)c(=O)c2cc(N)ccc12.COc1ccc2c(c1)C(=O)c1c-2n(CCCCl)c(=O)c2cc([N+](=O)[O-])ccc12.COc1ccc2c(c1)C(=O)c1c-2n(CCCN)c(=O)c2cc(N)ccc12.COc1ccc2c(c1)C(=O)c1c-2n(CCCN=[N+]=[N-])c(=O)c2cc(N)ccc12.Cl.Cl.[CH3-].[Pd]. The van der Waals surface area contributed by atoms with Crippen molar-refractivity contribution in [2.45, 2.75) is 51.9 Å². The molecule has 8 N–H and O–H groups in total. The molecule has 0 radical (unpaired) electrons. The number of azide groups is 1. The third-order valence-corrected chi connectivity index (χ3v) is 20.0. The number of methoxy groups -OCH3 is 4. The summed E-state index contributed by atoms with van der Waals surface area (Å²) in [5, 5.41) is 18.4. The van der Waals surface area contributed by atoms with Crippen LogP contribution in [0.15, 0.2) is 170 Å². The van der Waals surface area contributed by atoms with Crippen molar-refractivity contribution in [3.63, 3.8) is 0 Å². The van der Waals surface area contributed by atoms with Crippen LogP contribution in [0.1, 0.15) is 89.4 Å². The normalized spacial score (nSPS) is 11.7. The van der Waals surface area contributed by atoms with Gasteiger partial charge in [0.2, 0.25) is 0 Å². The quantitative estimate of drug-likeness (QED) is 0.00592. The summed E-state index contributed by atoms with van der Waals surface area (Å²) in [6.45, 7) is 2.23. The standard InChI is InChI=1S/C20H15ClN2O5.C20H17ClN2O3.C20H17N5O3.C20H19N3O3.CH3.2ClH.Pd/c1-28-12-4-6-14-15(10-12)19(24)17-13-5-3-11(23(26)27)9-16(13)20(25)22(18(14)17)8-2-7-21;1-26-12-4-6-14-15(10-12)19(24)17-13-5-3-11(22)9-16(13)20(25)23(18(14)17)8-2-7-21;1-28-12-4-6-14-15(10-12)19(26)17-13-5-3-11(21)9-16(13)20(27)25(18(14)17)8-2-7-23-24-22;1-26-12-4-6-14-15(10-12)19(24)17-13-5-3-11(22)9-16(13)20(25)23(18(14)17)8-2-7-21;;;;/h3-6,9-10H,2,7-8H2,1H3;3-6,9-10H,2,7-8,22H2,1H3;3-6,9-10H,2,7-8,21H2,1H3;3-6,9-10H,2,7-8,21-22H2,1H3;1H3;2*1H;/q;;;;-1;;;. The van der Waals surface area contributed by atoms with Crippen molar-refractivity contribution in [2.24, 2.45) is 10.8 Å². The predicted molar refractivity (Wildman–Crippen MR) is 438 cm³/mol. The summed E-state index contributed by atoms with van der Waals surface area (Å²) < 4.78 is 27.4. The van der Waals surface area contributed by atoms with Crippen molar-refractivity contribution in [3.8, 4) is 68.0 Å². The average molecular weight is 1690 g/mol. The zero-order valence-electron chi connectivity index (χ0n) is 60.8. The Morgan fingerprint density at radius 2 is 0.688 bits per heavy atom. The number of nitrogens with two attached hydrogens (primary N) is 4. The average Bonchev–Trinajstić information content (AvgIpc) is 1.58. The van der Waals surface area contributed by atoms with E-state index in [9.17, 15) is 48.5 Å². The van der Waals surface area contributed by atoms with E-state index in [0.717, 1.165) is 11.1 Å². The van der Waals surface area contributed by atoms with E-state index >= 15 is 0 Å². The third kappa shape index (κ3) is 14.9. The number of ether oxygens (including phenoxy) is 4. The zero-order chi connectivity index (χ0) is 76.7. The smallest absolute Gasteiger partial charge is 0.270 e. The molecule has 4 aromatic heterocycles. The van der Waals surface area contributed by atoms with Crippen LogP contribution in [0.5, 0.6) is 23.0 Å². The van der Waals surface area contributed by atoms with Gasteiger partial charge in [0, 0.05) is 181 Å². The van der Waals surface area contributed by atoms with Gasteiger partial charge in [-0.05, 0) is 153 Å². The van der Waals surface area contributed by atoms with Gasteiger partial charge in [0.1, 0.15) is 23.0 Å². The number of carbonyl (C=O) groups excluding carboxylic acids is 4. The van der Waals surface area contributed by atoms with Crippen LogP contribution in [0, 0.1) is 17.5 Å². The second-order valence-electron chi connectivity index (χ2n) is 25.6. The number of fused-ring (bicyclic) bond motifs is 20. The number of nitrogen functional groups attached to an aromatic ring is 3. The first kappa shape index (κ1) is 84.4. The van der Waals surface area contributed by atoms with Gasteiger partial charge < -0.3 is 67.6 Å². The summed E-state index contributed by atoms with van der Waals surface area (Å²) in [6, 6.07) is 40.3. The Labute approximate surface area is 675 Å². The van der Waals surface area contributed by atoms with E-state index in [1.807, 2.05) is 12.1 Å². The first-order valence-corrected chi connectivity index (χ1v) is 35.2. The van der Waals surface area contributed by atoms with Gasteiger partial charge in [0.15, 0.2) is 23.1 Å². The Morgan fingerprint density at radius 1 is 0.411 bits per heavy atom. The van der Waals surface area contributed by atoms with E-state index in [2.05, 4.69) is 10.0 Å². The Kier molecular flexibility index (Phi) is 26.5. The predicted octanol–water partition coefficient (Wildman–Crippen LogP) is 14.1. The maximum atomic E-state index is 13.2. The van der Waals surface area contributed by atoms with Gasteiger partial charge in [0.05, 0.1) is 83.8 Å². The van der Waals surface area contributed by atoms with Crippen molar-refractivity contribution in [2.75, 3.05) is 70.5 Å². The molecule has 0 saturated carbocycles. The molecule has 0 bridgehead atoms. The first-order chi connectivity index (χ1) is 52.2. The van der Waals surface area contributed by atoms with Crippen LogP contribution in [-0.4, -0.2) is 99.6 Å². The number of alkyl halides is 2. The van der Waals surface area contributed by atoms with Gasteiger partial charge in [0.25, 0.3) is 27.9 Å². The van der Waals surface area contributed by atoms with Gasteiger partial charge in [-0.3, -0.25) is 48.5 Å². The molecule has 0 unspecified atom stereocenters. The number of non-ortho nitro benzene ring substituents is 1. The molecule has 0 spiro atoms. The molecule has 12 aromatic rings. The molecule has 4 heterocycles. The number of halogens is 4. The molecule has 0 aliphatic heterocycles. The van der Waals surface area contributed by atoms with Crippen molar-refractivity contribution >= 4 is 137 Å². The molecule has 26 nitrogen and oxygen atoms in total. The molecule has 0 fully saturated rings. The molecular formula is C81H73Cl4N12O14Pd-. The summed E-state index contributed by atoms with van der Waals surface area (Å²) in [5.74, 6) is 2.50. The van der Waals surface area contributed by atoms with Crippen LogP contribution in [-0.2, 0) is 46.6 Å². The van der Waals surface area contributed by atoms with Crippen LogP contribution in [0.25, 0.3) is 98.6 Å². The van der Waals surface area contributed by atoms with E-state index in [0.29, 0.717) is 226 Å². The number of carbonyl (C=O) groups is 4. The number of hydrogen-bond acceptors (Lipinski definition) is 19. The topological polar surface area (TPSA) is 389 Å². The number of nitrogens with zero attached hydrogens (tertiary/aromatic N) is 8. The van der Waals surface area contributed by atoms with Crippen LogP contribution in [0.2, 0.25) is 0 Å². The molecule has 0 atom stereocenters. The summed E-state index contributed by atoms with van der Waals surface area (Å²) in [5.41, 5.74) is 41.3. The van der Waals surface area contributed by atoms with Crippen molar-refractivity contribution < 1.29 is 63.5 Å². The van der Waals surface area contributed by atoms with Gasteiger partial charge in [-0.1, -0.05) is 23.3 Å². The van der Waals surface area contributed by atoms with Crippen molar-refractivity contribution in [1.29, 1.82) is 0 Å². The summed E-state index contributed by atoms with van der Waals surface area (Å²) in [7, 11) is 6.17. The minimum absolute atomic E-state index is 0. The number of anilines is 3. The van der Waals surface area contributed by atoms with Crippen LogP contribution in [0.3, 0.4) is 0 Å². The summed E-state index contributed by atoms with van der Waals surface area (Å²) >= 11 is 11.7. The first-order valence-electron chi connectivity index (χ1n) is 34.2. The summed E-state index contributed by atoms with van der Waals surface area (Å²) in [6.07, 6.45) is 2.26. The van der Waals surface area contributed by atoms with Crippen molar-refractivity contribution in [1.82, 2.24) is 18.3 Å². The molecule has 16 rings (SSSR count). The van der Waals surface area contributed by atoms with Crippen molar-refractivity contribution in [3.05, 3.63) is 259 Å². The fourth-order valence-corrected chi connectivity index (χ4v) is 14.8. The number of nitro groups is 1. The van der Waals surface area contributed by atoms with E-state index in [-0.39, 0.29) is 116 Å². The third-order valence-electron chi connectivity index (χ3n) is 19.5. The van der Waals surface area contributed by atoms with E-state index in [1.54, 1.807) is 143 Å². The van der Waals surface area contributed by atoms with E-state index < -0.39 is 4.92 Å². The Balaban J connectivity index is 0.000000170. The number of pyridine rings is 4. The number of nitro benzene ring substituents is 1. The van der Waals surface area contributed by atoms with E-state index in [4.69, 9.17) is 70.6 Å². The fourth-order valence-electron chi connectivity index (χ4n) is 14.6. The number of benzene rings is 8.